The first-order valence-electron chi connectivity index (χ1n) is 6.25. The number of nitrogens with two attached hydrogens (primary N) is 1. The number of hydrogen-bond acceptors (Lipinski definition) is 2. The van der Waals surface area contributed by atoms with Crippen molar-refractivity contribution < 1.29 is 4.79 Å². The van der Waals surface area contributed by atoms with Gasteiger partial charge in [-0.2, -0.15) is 0 Å². The van der Waals surface area contributed by atoms with E-state index in [1.54, 1.807) is 6.07 Å². The first-order valence-corrected chi connectivity index (χ1v) is 6.25. The summed E-state index contributed by atoms with van der Waals surface area (Å²) in [6, 6.07) is 5.73. The molecule has 3 N–H and O–H groups in total. The summed E-state index contributed by atoms with van der Waals surface area (Å²) >= 11 is 0. The lowest BCUT2D eigenvalue weighted by Crippen LogP contribution is -2.40. The molecular formula is C14H20N2O. The molecule has 17 heavy (non-hydrogen) atoms. The third-order valence-corrected chi connectivity index (χ3v) is 3.76. The molecule has 0 heterocycles. The van der Waals surface area contributed by atoms with Gasteiger partial charge in [-0.05, 0) is 50.3 Å². The number of hydrogen-bond donors (Lipinski definition) is 2. The highest BCUT2D eigenvalue weighted by molar-refractivity contribution is 5.95. The number of benzene rings is 1. The maximum Gasteiger partial charge on any atom is 0.251 e. The van der Waals surface area contributed by atoms with E-state index in [-0.39, 0.29) is 11.9 Å². The molecule has 0 spiro atoms. The van der Waals surface area contributed by atoms with Gasteiger partial charge in [-0.3, -0.25) is 4.79 Å². The third kappa shape index (κ3) is 2.60. The van der Waals surface area contributed by atoms with E-state index in [2.05, 4.69) is 12.2 Å². The predicted molar refractivity (Wildman–Crippen MR) is 69.9 cm³/mol. The van der Waals surface area contributed by atoms with E-state index in [9.17, 15) is 4.79 Å². The molecule has 1 saturated carbocycles. The van der Waals surface area contributed by atoms with E-state index in [1.165, 1.54) is 19.3 Å². The van der Waals surface area contributed by atoms with Crippen molar-refractivity contribution in [2.45, 2.75) is 39.2 Å². The van der Waals surface area contributed by atoms with Gasteiger partial charge in [0.1, 0.15) is 0 Å². The van der Waals surface area contributed by atoms with Gasteiger partial charge >= 0.3 is 0 Å². The maximum atomic E-state index is 12.0. The largest absolute Gasteiger partial charge is 0.398 e. The molecule has 1 aliphatic carbocycles. The second-order valence-corrected chi connectivity index (χ2v) is 5.02. The first kappa shape index (κ1) is 12.0. The summed E-state index contributed by atoms with van der Waals surface area (Å²) in [6.45, 7) is 4.02. The number of rotatable bonds is 3. The Morgan fingerprint density at radius 1 is 1.47 bits per heavy atom. The van der Waals surface area contributed by atoms with Crippen LogP contribution in [0.1, 0.15) is 42.1 Å². The molecule has 1 aromatic rings. The molecule has 1 atom stereocenters. The van der Waals surface area contributed by atoms with Crippen molar-refractivity contribution in [3.8, 4) is 0 Å². The molecule has 1 fully saturated rings. The molecule has 3 nitrogen and oxygen atoms in total. The number of nitrogens with one attached hydrogen (secondary N) is 1. The summed E-state index contributed by atoms with van der Waals surface area (Å²) in [7, 11) is 0. The lowest BCUT2D eigenvalue weighted by Gasteiger charge is -2.31. The number of carbonyl (C=O) groups excluding carboxylic acids is 1. The van der Waals surface area contributed by atoms with Gasteiger partial charge in [0.2, 0.25) is 0 Å². The average molecular weight is 232 g/mol. The smallest absolute Gasteiger partial charge is 0.251 e. The van der Waals surface area contributed by atoms with Crippen molar-refractivity contribution in [2.75, 3.05) is 5.73 Å². The van der Waals surface area contributed by atoms with Crippen LogP contribution in [0.25, 0.3) is 0 Å². The molecule has 1 amide bonds. The van der Waals surface area contributed by atoms with Crippen LogP contribution in [0.15, 0.2) is 18.2 Å². The van der Waals surface area contributed by atoms with E-state index in [1.807, 2.05) is 19.1 Å². The molecule has 1 aliphatic rings. The molecule has 3 heteroatoms. The van der Waals surface area contributed by atoms with Crippen molar-refractivity contribution in [1.29, 1.82) is 0 Å². The van der Waals surface area contributed by atoms with Gasteiger partial charge in [0, 0.05) is 17.3 Å². The fraction of sp³-hybridized carbons (Fsp3) is 0.500. The molecule has 0 aliphatic heterocycles. The molecular weight excluding hydrogens is 212 g/mol. The lowest BCUT2D eigenvalue weighted by atomic mass is 9.80. The summed E-state index contributed by atoms with van der Waals surface area (Å²) in [4.78, 5) is 12.0. The molecule has 1 aromatic carbocycles. The van der Waals surface area contributed by atoms with Gasteiger partial charge < -0.3 is 11.1 Å². The molecule has 2 rings (SSSR count). The van der Waals surface area contributed by atoms with Crippen molar-refractivity contribution in [2.24, 2.45) is 5.92 Å². The highest BCUT2D eigenvalue weighted by Gasteiger charge is 2.25. The van der Waals surface area contributed by atoms with Crippen LogP contribution in [0.3, 0.4) is 0 Å². The molecule has 1 unspecified atom stereocenters. The predicted octanol–water partition coefficient (Wildman–Crippen LogP) is 2.50. The zero-order valence-electron chi connectivity index (χ0n) is 10.5. The Morgan fingerprint density at radius 2 is 2.18 bits per heavy atom. The van der Waals surface area contributed by atoms with Gasteiger partial charge in [0.25, 0.3) is 5.91 Å². The minimum atomic E-state index is -0.0175. The van der Waals surface area contributed by atoms with E-state index in [4.69, 9.17) is 5.73 Å². The molecule has 0 aromatic heterocycles. The van der Waals surface area contributed by atoms with Crippen LogP contribution < -0.4 is 11.1 Å². The lowest BCUT2D eigenvalue weighted by molar-refractivity contribution is 0.0909. The fourth-order valence-electron chi connectivity index (χ4n) is 2.13. The minimum Gasteiger partial charge on any atom is -0.398 e. The van der Waals surface area contributed by atoms with Crippen LogP contribution in [-0.4, -0.2) is 11.9 Å². The number of aryl methyl sites for hydroxylation is 1. The molecule has 0 saturated heterocycles. The van der Waals surface area contributed by atoms with Gasteiger partial charge in [-0.15, -0.1) is 0 Å². The van der Waals surface area contributed by atoms with E-state index in [0.717, 1.165) is 5.56 Å². The SMILES string of the molecule is Cc1ccc(C(=O)NC(C)C2CCC2)cc1N. The highest BCUT2D eigenvalue weighted by Crippen LogP contribution is 2.29. The number of anilines is 1. The minimum absolute atomic E-state index is 0.0175. The first-order chi connectivity index (χ1) is 8.08. The van der Waals surface area contributed by atoms with Crippen LogP contribution in [-0.2, 0) is 0 Å². The van der Waals surface area contributed by atoms with Crippen LogP contribution in [0.2, 0.25) is 0 Å². The molecule has 0 radical (unpaired) electrons. The Kier molecular flexibility index (Phi) is 3.36. The van der Waals surface area contributed by atoms with E-state index in [0.29, 0.717) is 17.2 Å². The Balaban J connectivity index is 2.01. The van der Waals surface area contributed by atoms with Gasteiger partial charge in [0.05, 0.1) is 0 Å². The van der Waals surface area contributed by atoms with Crippen molar-refractivity contribution in [3.05, 3.63) is 29.3 Å². The van der Waals surface area contributed by atoms with E-state index >= 15 is 0 Å². The Hall–Kier alpha value is -1.51. The number of nitrogen functional groups attached to an aromatic ring is 1. The van der Waals surface area contributed by atoms with Crippen LogP contribution in [0.4, 0.5) is 5.69 Å². The van der Waals surface area contributed by atoms with Crippen LogP contribution >= 0.6 is 0 Å². The maximum absolute atomic E-state index is 12.0. The highest BCUT2D eigenvalue weighted by atomic mass is 16.1. The van der Waals surface area contributed by atoms with Gasteiger partial charge in [-0.25, -0.2) is 0 Å². The summed E-state index contributed by atoms with van der Waals surface area (Å²) in [5, 5.41) is 3.05. The van der Waals surface area contributed by atoms with Gasteiger partial charge in [0.15, 0.2) is 0 Å². The summed E-state index contributed by atoms with van der Waals surface area (Å²) in [5.41, 5.74) is 8.14. The van der Waals surface area contributed by atoms with Crippen molar-refractivity contribution in [3.63, 3.8) is 0 Å². The Morgan fingerprint density at radius 3 is 2.71 bits per heavy atom. The van der Waals surface area contributed by atoms with Gasteiger partial charge in [-0.1, -0.05) is 12.5 Å². The molecule has 92 valence electrons. The Bertz CT molecular complexity index is 424. The third-order valence-electron chi connectivity index (χ3n) is 3.76. The monoisotopic (exact) mass is 232 g/mol. The summed E-state index contributed by atoms with van der Waals surface area (Å²) in [5.74, 6) is 0.637. The van der Waals surface area contributed by atoms with Crippen LogP contribution in [0.5, 0.6) is 0 Å². The zero-order valence-corrected chi connectivity index (χ0v) is 10.5. The number of carbonyl (C=O) groups is 1. The quantitative estimate of drug-likeness (QED) is 0.787. The Labute approximate surface area is 102 Å². The zero-order chi connectivity index (χ0) is 12.4. The molecule has 0 bridgehead atoms. The van der Waals surface area contributed by atoms with Crippen molar-refractivity contribution >= 4 is 11.6 Å². The average Bonchev–Trinajstić information content (AvgIpc) is 2.19. The second-order valence-electron chi connectivity index (χ2n) is 5.02. The summed E-state index contributed by atoms with van der Waals surface area (Å²) in [6.07, 6.45) is 3.76. The fourth-order valence-corrected chi connectivity index (χ4v) is 2.13. The van der Waals surface area contributed by atoms with Crippen LogP contribution in [0, 0.1) is 12.8 Å². The summed E-state index contributed by atoms with van der Waals surface area (Å²) < 4.78 is 0. The second kappa shape index (κ2) is 4.78. The topological polar surface area (TPSA) is 55.1 Å². The normalized spacial score (nSPS) is 17.3. The number of amides is 1. The van der Waals surface area contributed by atoms with E-state index < -0.39 is 0 Å². The standard InChI is InChI=1S/C14H20N2O/c1-9-6-7-12(8-13(9)15)14(17)16-10(2)11-4-3-5-11/h6-8,10-11H,3-5,15H2,1-2H3,(H,16,17). The van der Waals surface area contributed by atoms with Crippen molar-refractivity contribution in [1.82, 2.24) is 5.32 Å².